The molecule has 1 amide bonds. The maximum Gasteiger partial charge on any atom is 0.230 e. The molecule has 154 valence electrons. The van der Waals surface area contributed by atoms with Gasteiger partial charge in [-0.25, -0.2) is 13.8 Å². The number of amides is 1. The van der Waals surface area contributed by atoms with Gasteiger partial charge in [0.25, 0.3) is 0 Å². The Balaban J connectivity index is 1.59. The third-order valence-corrected chi connectivity index (χ3v) is 5.40. The zero-order valence-corrected chi connectivity index (χ0v) is 16.9. The van der Waals surface area contributed by atoms with Gasteiger partial charge in [-0.05, 0) is 30.3 Å². The Kier molecular flexibility index (Phi) is 5.37. The molecule has 0 saturated carbocycles. The van der Waals surface area contributed by atoms with Crippen LogP contribution in [0.3, 0.4) is 0 Å². The third kappa shape index (κ3) is 3.84. The second kappa shape index (κ2) is 8.11. The summed E-state index contributed by atoms with van der Waals surface area (Å²) in [6, 6.07) is 8.66. The molecule has 2 aromatic heterocycles. The highest BCUT2D eigenvalue weighted by Gasteiger charge is 2.16. The number of hydrogen-bond acceptors (Lipinski definition) is 5. The van der Waals surface area contributed by atoms with Gasteiger partial charge in [-0.2, -0.15) is 0 Å². The molecule has 0 spiro atoms. The topological polar surface area (TPSA) is 64.9 Å². The van der Waals surface area contributed by atoms with Crippen LogP contribution in [-0.2, 0) is 11.2 Å². The summed E-state index contributed by atoms with van der Waals surface area (Å²) >= 11 is 1.40. The highest BCUT2D eigenvalue weighted by molar-refractivity contribution is 7.15. The highest BCUT2D eigenvalue weighted by Crippen LogP contribution is 2.34. The molecule has 0 aliphatic heterocycles. The molecular formula is C21H17F2N3O3S. The van der Waals surface area contributed by atoms with Crippen molar-refractivity contribution >= 4 is 27.9 Å². The van der Waals surface area contributed by atoms with Crippen LogP contribution in [0.5, 0.6) is 11.5 Å². The number of imidazole rings is 1. The summed E-state index contributed by atoms with van der Waals surface area (Å²) in [5.41, 5.74) is 2.36. The van der Waals surface area contributed by atoms with Crippen LogP contribution in [0.4, 0.5) is 14.5 Å². The van der Waals surface area contributed by atoms with Gasteiger partial charge in [0, 0.05) is 34.6 Å². The van der Waals surface area contributed by atoms with E-state index in [1.165, 1.54) is 17.4 Å². The van der Waals surface area contributed by atoms with Gasteiger partial charge >= 0.3 is 0 Å². The maximum absolute atomic E-state index is 13.3. The van der Waals surface area contributed by atoms with Crippen LogP contribution in [0.1, 0.15) is 5.69 Å². The van der Waals surface area contributed by atoms with Crippen molar-refractivity contribution in [2.24, 2.45) is 0 Å². The van der Waals surface area contributed by atoms with E-state index >= 15 is 0 Å². The predicted octanol–water partition coefficient (Wildman–Crippen LogP) is 4.54. The van der Waals surface area contributed by atoms with Gasteiger partial charge in [0.1, 0.15) is 11.5 Å². The van der Waals surface area contributed by atoms with E-state index in [1.54, 1.807) is 26.4 Å². The summed E-state index contributed by atoms with van der Waals surface area (Å²) in [6.45, 7) is 0. The molecule has 2 aromatic carbocycles. The molecule has 0 atom stereocenters. The molecule has 1 N–H and O–H groups in total. The number of carbonyl (C=O) groups excluding carboxylic acids is 1. The first-order valence-electron chi connectivity index (χ1n) is 8.91. The first-order valence-corrected chi connectivity index (χ1v) is 9.79. The molecule has 0 bridgehead atoms. The highest BCUT2D eigenvalue weighted by atomic mass is 32.1. The van der Waals surface area contributed by atoms with Gasteiger partial charge in [0.15, 0.2) is 16.6 Å². The molecule has 30 heavy (non-hydrogen) atoms. The number of ether oxygens (including phenoxy) is 2. The van der Waals surface area contributed by atoms with Crippen molar-refractivity contribution in [3.8, 4) is 22.8 Å². The lowest BCUT2D eigenvalue weighted by molar-refractivity contribution is -0.115. The van der Waals surface area contributed by atoms with E-state index < -0.39 is 11.6 Å². The molecule has 0 unspecified atom stereocenters. The Morgan fingerprint density at radius 3 is 2.70 bits per heavy atom. The summed E-state index contributed by atoms with van der Waals surface area (Å²) in [6.07, 6.45) is 1.87. The molecule has 0 aliphatic rings. The van der Waals surface area contributed by atoms with Crippen molar-refractivity contribution in [3.63, 3.8) is 0 Å². The van der Waals surface area contributed by atoms with Crippen molar-refractivity contribution in [1.29, 1.82) is 0 Å². The molecule has 0 saturated heterocycles. The maximum atomic E-state index is 13.3. The SMILES string of the molecule is COc1ccc(OC)c(-c2cn3c(CC(=O)Nc4ccc(F)c(F)c4)csc3n2)c1. The number of benzene rings is 2. The quantitative estimate of drug-likeness (QED) is 0.489. The van der Waals surface area contributed by atoms with Crippen LogP contribution in [0.15, 0.2) is 48.0 Å². The molecule has 9 heteroatoms. The van der Waals surface area contributed by atoms with Crippen LogP contribution >= 0.6 is 11.3 Å². The molecule has 2 heterocycles. The normalized spacial score (nSPS) is 10.9. The zero-order chi connectivity index (χ0) is 21.3. The van der Waals surface area contributed by atoms with E-state index in [4.69, 9.17) is 9.47 Å². The fourth-order valence-corrected chi connectivity index (χ4v) is 3.92. The minimum Gasteiger partial charge on any atom is -0.497 e. The number of aromatic nitrogens is 2. The van der Waals surface area contributed by atoms with Crippen LogP contribution in [-0.4, -0.2) is 29.5 Å². The van der Waals surface area contributed by atoms with Crippen molar-refractivity contribution < 1.29 is 23.0 Å². The van der Waals surface area contributed by atoms with Gasteiger partial charge in [0.2, 0.25) is 5.91 Å². The second-order valence-corrected chi connectivity index (χ2v) is 7.26. The summed E-state index contributed by atoms with van der Waals surface area (Å²) in [5.74, 6) is -1.01. The van der Waals surface area contributed by atoms with Crippen LogP contribution in [0.2, 0.25) is 0 Å². The number of halogens is 2. The van der Waals surface area contributed by atoms with E-state index in [9.17, 15) is 13.6 Å². The first kappa shape index (κ1) is 19.8. The minimum atomic E-state index is -1.02. The van der Waals surface area contributed by atoms with E-state index in [0.29, 0.717) is 22.2 Å². The van der Waals surface area contributed by atoms with Crippen molar-refractivity contribution in [3.05, 3.63) is 65.3 Å². The number of nitrogens with zero attached hydrogens (tertiary/aromatic N) is 2. The van der Waals surface area contributed by atoms with Gasteiger partial charge in [-0.15, -0.1) is 11.3 Å². The summed E-state index contributed by atoms with van der Waals surface area (Å²) < 4.78 is 38.9. The van der Waals surface area contributed by atoms with Gasteiger partial charge in [0.05, 0.1) is 26.3 Å². The van der Waals surface area contributed by atoms with Gasteiger partial charge in [-0.3, -0.25) is 9.20 Å². The van der Waals surface area contributed by atoms with Crippen molar-refractivity contribution in [2.45, 2.75) is 6.42 Å². The largest absolute Gasteiger partial charge is 0.497 e. The average Bonchev–Trinajstić information content (AvgIpc) is 3.32. The number of nitrogens with one attached hydrogen (secondary N) is 1. The Morgan fingerprint density at radius 1 is 1.13 bits per heavy atom. The van der Waals surface area contributed by atoms with E-state index in [-0.39, 0.29) is 18.0 Å². The Bertz CT molecular complexity index is 1240. The molecule has 0 radical (unpaired) electrons. The van der Waals surface area contributed by atoms with Crippen LogP contribution in [0.25, 0.3) is 16.2 Å². The summed E-state index contributed by atoms with van der Waals surface area (Å²) in [4.78, 5) is 17.7. The lowest BCUT2D eigenvalue weighted by Crippen LogP contribution is -2.15. The molecule has 4 aromatic rings. The zero-order valence-electron chi connectivity index (χ0n) is 16.1. The third-order valence-electron chi connectivity index (χ3n) is 4.51. The number of anilines is 1. The van der Waals surface area contributed by atoms with Crippen LogP contribution in [0, 0.1) is 11.6 Å². The monoisotopic (exact) mass is 429 g/mol. The summed E-state index contributed by atoms with van der Waals surface area (Å²) in [7, 11) is 3.17. The molecule has 4 rings (SSSR count). The number of rotatable bonds is 6. The second-order valence-electron chi connectivity index (χ2n) is 6.43. The molecule has 6 nitrogen and oxygen atoms in total. The Hall–Kier alpha value is -3.46. The number of fused-ring (bicyclic) bond motifs is 1. The van der Waals surface area contributed by atoms with E-state index in [2.05, 4.69) is 10.3 Å². The Labute approximate surface area is 174 Å². The number of hydrogen-bond donors (Lipinski definition) is 1. The summed E-state index contributed by atoms with van der Waals surface area (Å²) in [5, 5.41) is 4.41. The Morgan fingerprint density at radius 2 is 1.97 bits per heavy atom. The van der Waals surface area contributed by atoms with Crippen molar-refractivity contribution in [2.75, 3.05) is 19.5 Å². The molecular weight excluding hydrogens is 412 g/mol. The lowest BCUT2D eigenvalue weighted by atomic mass is 10.1. The van der Waals surface area contributed by atoms with Crippen molar-refractivity contribution in [1.82, 2.24) is 9.38 Å². The number of carbonyl (C=O) groups is 1. The number of thiazole rings is 1. The smallest absolute Gasteiger partial charge is 0.230 e. The fraction of sp³-hybridized carbons (Fsp3) is 0.143. The van der Waals surface area contributed by atoms with E-state index in [1.807, 2.05) is 22.0 Å². The molecule has 0 fully saturated rings. The number of methoxy groups -OCH3 is 2. The average molecular weight is 429 g/mol. The molecule has 0 aliphatic carbocycles. The first-order chi connectivity index (χ1) is 14.5. The lowest BCUT2D eigenvalue weighted by Gasteiger charge is -2.08. The van der Waals surface area contributed by atoms with E-state index in [0.717, 1.165) is 23.4 Å². The predicted molar refractivity (Wildman–Crippen MR) is 110 cm³/mol. The van der Waals surface area contributed by atoms with Gasteiger partial charge < -0.3 is 14.8 Å². The minimum absolute atomic E-state index is 0.0457. The fourth-order valence-electron chi connectivity index (χ4n) is 3.04. The standard InChI is InChI=1S/C21H17F2N3O3S/c1-28-14-4-6-19(29-2)15(9-14)18-10-26-13(11-30-21(26)25-18)8-20(27)24-12-3-5-16(22)17(23)7-12/h3-7,9-11H,8H2,1-2H3,(H,24,27). The van der Waals surface area contributed by atoms with Crippen LogP contribution < -0.4 is 14.8 Å². The van der Waals surface area contributed by atoms with Gasteiger partial charge in [-0.1, -0.05) is 0 Å².